The molecule has 2 amide bonds. The minimum atomic E-state index is -1.60. The molecule has 0 heterocycles. The van der Waals surface area contributed by atoms with E-state index in [0.29, 0.717) is 0 Å². The van der Waals surface area contributed by atoms with Gasteiger partial charge in [0.05, 0.1) is 6.54 Å². The Morgan fingerprint density at radius 3 is 2.15 bits per heavy atom. The number of nitrogens with one attached hydrogen (secondary N) is 1. The first kappa shape index (κ1) is 17.9. The van der Waals surface area contributed by atoms with Crippen LogP contribution in [-0.4, -0.2) is 59.0 Å². The lowest BCUT2D eigenvalue weighted by Gasteiger charge is -2.22. The van der Waals surface area contributed by atoms with E-state index >= 15 is 0 Å². The molecule has 20 heavy (non-hydrogen) atoms. The number of hydrogen-bond donors (Lipinski definition) is 2. The van der Waals surface area contributed by atoms with E-state index in [-0.39, 0.29) is 13.1 Å². The average Bonchev–Trinajstić information content (AvgIpc) is 2.24. The van der Waals surface area contributed by atoms with Gasteiger partial charge in [0.25, 0.3) is 5.78 Å². The van der Waals surface area contributed by atoms with Gasteiger partial charge < -0.3 is 20.1 Å². The van der Waals surface area contributed by atoms with Crippen LogP contribution in [0.2, 0.25) is 0 Å². The number of carboxylic acids is 1. The van der Waals surface area contributed by atoms with Crippen molar-refractivity contribution in [1.82, 2.24) is 10.2 Å². The minimum absolute atomic E-state index is 0.0214. The number of aliphatic carboxylic acids is 1. The molecule has 2 N–H and O–H groups in total. The van der Waals surface area contributed by atoms with E-state index in [2.05, 4.69) is 5.32 Å². The molecule has 0 unspecified atom stereocenters. The second-order valence-electron chi connectivity index (χ2n) is 5.10. The van der Waals surface area contributed by atoms with Crippen molar-refractivity contribution in [2.24, 2.45) is 0 Å². The Morgan fingerprint density at radius 1 is 1.20 bits per heavy atom. The van der Waals surface area contributed by atoms with Gasteiger partial charge in [-0.3, -0.25) is 9.59 Å². The monoisotopic (exact) mass is 288 g/mol. The molecule has 0 rings (SSSR count). The van der Waals surface area contributed by atoms with Gasteiger partial charge in [-0.25, -0.2) is 9.59 Å². The zero-order valence-corrected chi connectivity index (χ0v) is 12.1. The summed E-state index contributed by atoms with van der Waals surface area (Å²) in [5, 5.41) is 10.9. The second kappa shape index (κ2) is 7.46. The molecule has 0 aliphatic heterocycles. The lowest BCUT2D eigenvalue weighted by atomic mass is 10.2. The molecule has 0 atom stereocenters. The number of hydrogen-bond acceptors (Lipinski definition) is 5. The largest absolute Gasteiger partial charge is 0.475 e. The van der Waals surface area contributed by atoms with E-state index < -0.39 is 35.9 Å². The quantitative estimate of drug-likeness (QED) is 0.666. The third kappa shape index (κ3) is 8.06. The van der Waals surface area contributed by atoms with Crippen molar-refractivity contribution < 1.29 is 29.0 Å². The number of amides is 2. The maximum absolute atomic E-state index is 11.3. The predicted octanol–water partition coefficient (Wildman–Crippen LogP) is 0.0133. The van der Waals surface area contributed by atoms with Crippen molar-refractivity contribution in [3.8, 4) is 0 Å². The van der Waals surface area contributed by atoms with Crippen LogP contribution >= 0.6 is 0 Å². The summed E-state index contributed by atoms with van der Waals surface area (Å²) < 4.78 is 4.98. The zero-order chi connectivity index (χ0) is 15.9. The summed E-state index contributed by atoms with van der Waals surface area (Å²) in [6.45, 7) is 5.89. The van der Waals surface area contributed by atoms with E-state index in [4.69, 9.17) is 9.84 Å². The second-order valence-corrected chi connectivity index (χ2v) is 5.10. The first-order chi connectivity index (χ1) is 9.03. The Morgan fingerprint density at radius 2 is 1.75 bits per heavy atom. The first-order valence-corrected chi connectivity index (χ1v) is 6.01. The fraction of sp³-hybridized carbons (Fsp3) is 0.667. The van der Waals surface area contributed by atoms with Gasteiger partial charge in [0.1, 0.15) is 5.60 Å². The molecule has 0 aromatic rings. The molecule has 0 aromatic carbocycles. The molecular formula is C12H20N2O6. The molecule has 0 saturated heterocycles. The highest BCUT2D eigenvalue weighted by molar-refractivity contribution is 6.33. The number of alkyl carbamates (subject to hydrolysis) is 1. The summed E-state index contributed by atoms with van der Waals surface area (Å²) in [6.07, 6.45) is -0.648. The third-order valence-corrected chi connectivity index (χ3v) is 2.07. The number of carbonyl (C=O) groups is 4. The molecule has 0 aliphatic rings. The van der Waals surface area contributed by atoms with Gasteiger partial charge in [0.15, 0.2) is 0 Å². The van der Waals surface area contributed by atoms with Crippen molar-refractivity contribution >= 4 is 23.8 Å². The van der Waals surface area contributed by atoms with Gasteiger partial charge in [-0.15, -0.1) is 0 Å². The van der Waals surface area contributed by atoms with E-state index in [1.165, 1.54) is 6.92 Å². The molecule has 0 spiro atoms. The number of carbonyl (C=O) groups excluding carboxylic acids is 3. The maximum atomic E-state index is 11.3. The third-order valence-electron chi connectivity index (χ3n) is 2.07. The molecule has 8 nitrogen and oxygen atoms in total. The van der Waals surface area contributed by atoms with Gasteiger partial charge >= 0.3 is 12.1 Å². The Balaban J connectivity index is 4.23. The van der Waals surface area contributed by atoms with Gasteiger partial charge in [-0.2, -0.15) is 0 Å². The fourth-order valence-corrected chi connectivity index (χ4v) is 1.20. The van der Waals surface area contributed by atoms with Gasteiger partial charge in [-0.1, -0.05) is 0 Å². The Labute approximate surface area is 117 Å². The molecular weight excluding hydrogens is 268 g/mol. The highest BCUT2D eigenvalue weighted by Crippen LogP contribution is 2.06. The number of carboxylic acid groups (broad SMARTS) is 1. The lowest BCUT2D eigenvalue weighted by Crippen LogP contribution is -2.42. The van der Waals surface area contributed by atoms with Crippen LogP contribution < -0.4 is 5.32 Å². The number of rotatable bonds is 6. The highest BCUT2D eigenvalue weighted by Gasteiger charge is 2.19. The van der Waals surface area contributed by atoms with Crippen molar-refractivity contribution in [3.05, 3.63) is 0 Å². The van der Waals surface area contributed by atoms with Crippen LogP contribution in [0, 0.1) is 0 Å². The Bertz CT molecular complexity index is 399. The highest BCUT2D eigenvalue weighted by atomic mass is 16.6. The zero-order valence-electron chi connectivity index (χ0n) is 12.1. The SMILES string of the molecule is CC(=O)N(CCNC(=O)OC(C)(C)C)CC(=O)C(=O)O. The molecule has 0 radical (unpaired) electrons. The van der Waals surface area contributed by atoms with Crippen molar-refractivity contribution in [2.75, 3.05) is 19.6 Å². The Kier molecular flexibility index (Phi) is 6.67. The van der Waals surface area contributed by atoms with Crippen LogP contribution in [0.1, 0.15) is 27.7 Å². The summed E-state index contributed by atoms with van der Waals surface area (Å²) in [6, 6.07) is 0. The van der Waals surface area contributed by atoms with Crippen LogP contribution in [0.15, 0.2) is 0 Å². The molecule has 0 saturated carbocycles. The molecule has 0 aliphatic carbocycles. The molecule has 8 heteroatoms. The number of ether oxygens (including phenoxy) is 1. The van der Waals surface area contributed by atoms with E-state index in [0.717, 1.165) is 4.90 Å². The minimum Gasteiger partial charge on any atom is -0.475 e. The summed E-state index contributed by atoms with van der Waals surface area (Å²) in [7, 11) is 0. The normalized spacial score (nSPS) is 10.6. The van der Waals surface area contributed by atoms with Crippen LogP contribution in [0.25, 0.3) is 0 Å². The van der Waals surface area contributed by atoms with E-state index in [1.54, 1.807) is 20.8 Å². The smallest absolute Gasteiger partial charge is 0.407 e. The van der Waals surface area contributed by atoms with Crippen LogP contribution in [0.4, 0.5) is 4.79 Å². The predicted molar refractivity (Wildman–Crippen MR) is 69.1 cm³/mol. The number of Topliss-reactive ketones (excluding diaryl/α,β-unsaturated/α-hetero) is 1. The van der Waals surface area contributed by atoms with Gasteiger partial charge in [-0.05, 0) is 20.8 Å². The first-order valence-electron chi connectivity index (χ1n) is 6.01. The lowest BCUT2D eigenvalue weighted by molar-refractivity contribution is -0.150. The van der Waals surface area contributed by atoms with E-state index in [1.807, 2.05) is 0 Å². The average molecular weight is 288 g/mol. The van der Waals surface area contributed by atoms with Gasteiger partial charge in [0.2, 0.25) is 5.91 Å². The summed E-state index contributed by atoms with van der Waals surface area (Å²) in [5.74, 6) is -3.14. The Hall–Kier alpha value is -2.12. The summed E-state index contributed by atoms with van der Waals surface area (Å²) in [5.41, 5.74) is -0.635. The summed E-state index contributed by atoms with van der Waals surface area (Å²) in [4.78, 5) is 45.1. The molecule has 114 valence electrons. The van der Waals surface area contributed by atoms with Crippen LogP contribution in [-0.2, 0) is 19.1 Å². The van der Waals surface area contributed by atoms with E-state index in [9.17, 15) is 19.2 Å². The van der Waals surface area contributed by atoms with Crippen molar-refractivity contribution in [3.63, 3.8) is 0 Å². The van der Waals surface area contributed by atoms with Crippen LogP contribution in [0.5, 0.6) is 0 Å². The fourth-order valence-electron chi connectivity index (χ4n) is 1.20. The van der Waals surface area contributed by atoms with Crippen molar-refractivity contribution in [1.29, 1.82) is 0 Å². The van der Waals surface area contributed by atoms with Crippen molar-refractivity contribution in [2.45, 2.75) is 33.3 Å². The summed E-state index contributed by atoms with van der Waals surface area (Å²) >= 11 is 0. The molecule has 0 aromatic heterocycles. The van der Waals surface area contributed by atoms with Gasteiger partial charge in [0, 0.05) is 20.0 Å². The van der Waals surface area contributed by atoms with Crippen LogP contribution in [0.3, 0.4) is 0 Å². The molecule has 0 bridgehead atoms. The maximum Gasteiger partial charge on any atom is 0.407 e. The topological polar surface area (TPSA) is 113 Å². The number of nitrogens with zero attached hydrogens (tertiary/aromatic N) is 1. The standard InChI is InChI=1S/C12H20N2O6/c1-8(15)14(7-9(16)10(17)18)6-5-13-11(19)20-12(2,3)4/h5-7H2,1-4H3,(H,13,19)(H,17,18). The molecule has 0 fully saturated rings. The number of ketones is 1.